The van der Waals surface area contributed by atoms with E-state index in [-0.39, 0.29) is 11.6 Å². The van der Waals surface area contributed by atoms with Crippen LogP contribution in [0.1, 0.15) is 12.1 Å². The van der Waals surface area contributed by atoms with Crippen molar-refractivity contribution >= 4 is 28.3 Å². The first-order valence-corrected chi connectivity index (χ1v) is 9.88. The molecular weight excluding hydrogens is 374 g/mol. The lowest BCUT2D eigenvalue weighted by atomic mass is 10.2. The summed E-state index contributed by atoms with van der Waals surface area (Å²) >= 11 is 1.55. The summed E-state index contributed by atoms with van der Waals surface area (Å²) in [6, 6.07) is 11.4. The molecule has 8 heteroatoms. The molecule has 3 heterocycles. The van der Waals surface area contributed by atoms with Crippen LogP contribution in [0.3, 0.4) is 0 Å². The molecule has 0 saturated carbocycles. The highest BCUT2D eigenvalue weighted by Gasteiger charge is 2.09. The molecule has 0 aliphatic carbocycles. The average molecular weight is 393 g/mol. The Bertz CT molecular complexity index is 1150. The first kappa shape index (κ1) is 18.1. The molecule has 0 bridgehead atoms. The molecule has 0 saturated heterocycles. The van der Waals surface area contributed by atoms with Crippen molar-refractivity contribution in [1.82, 2.24) is 24.8 Å². The van der Waals surface area contributed by atoms with E-state index in [0.717, 1.165) is 27.3 Å². The molecule has 0 spiro atoms. The number of para-hydroxylation sites is 2. The van der Waals surface area contributed by atoms with Crippen molar-refractivity contribution in [3.05, 3.63) is 70.4 Å². The molecule has 0 radical (unpaired) electrons. The molecule has 4 aromatic rings. The Morgan fingerprint density at radius 3 is 2.96 bits per heavy atom. The Morgan fingerprint density at radius 2 is 2.11 bits per heavy atom. The first-order chi connectivity index (χ1) is 13.7. The maximum atomic E-state index is 12.1. The molecule has 0 aliphatic rings. The molecule has 1 amide bonds. The molecule has 4 rings (SSSR count). The normalized spacial score (nSPS) is 11.0. The number of rotatable bonds is 7. The van der Waals surface area contributed by atoms with Gasteiger partial charge in [-0.25, -0.2) is 9.78 Å². The number of imidazole rings is 1. The zero-order chi connectivity index (χ0) is 19.3. The largest absolute Gasteiger partial charge is 0.354 e. The van der Waals surface area contributed by atoms with Crippen LogP contribution in [0.4, 0.5) is 0 Å². The van der Waals surface area contributed by atoms with Gasteiger partial charge in [0.05, 0.1) is 16.7 Å². The Labute approximate surface area is 165 Å². The summed E-state index contributed by atoms with van der Waals surface area (Å²) in [6.07, 6.45) is 4.45. The van der Waals surface area contributed by atoms with Gasteiger partial charge in [0.1, 0.15) is 5.01 Å². The Kier molecular flexibility index (Phi) is 5.29. The zero-order valence-electron chi connectivity index (χ0n) is 15.1. The minimum atomic E-state index is -0.166. The van der Waals surface area contributed by atoms with Crippen LogP contribution in [0.5, 0.6) is 0 Å². The summed E-state index contributed by atoms with van der Waals surface area (Å²) in [4.78, 5) is 35.6. The highest BCUT2D eigenvalue weighted by molar-refractivity contribution is 7.13. The lowest BCUT2D eigenvalue weighted by molar-refractivity contribution is -0.121. The van der Waals surface area contributed by atoms with Gasteiger partial charge in [-0.15, -0.1) is 11.3 Å². The van der Waals surface area contributed by atoms with Crippen LogP contribution in [-0.2, 0) is 17.8 Å². The van der Waals surface area contributed by atoms with Crippen LogP contribution >= 0.6 is 11.3 Å². The van der Waals surface area contributed by atoms with Crippen molar-refractivity contribution in [3.8, 4) is 10.6 Å². The number of aromatic nitrogens is 4. The summed E-state index contributed by atoms with van der Waals surface area (Å²) in [5, 5.41) is 5.75. The van der Waals surface area contributed by atoms with Gasteiger partial charge in [0.25, 0.3) is 0 Å². The number of aromatic amines is 1. The second kappa shape index (κ2) is 8.18. The maximum absolute atomic E-state index is 12.1. The van der Waals surface area contributed by atoms with E-state index in [0.29, 0.717) is 25.9 Å². The van der Waals surface area contributed by atoms with E-state index in [1.165, 1.54) is 0 Å². The highest BCUT2D eigenvalue weighted by Crippen LogP contribution is 2.23. The topological polar surface area (TPSA) is 92.7 Å². The molecule has 28 heavy (non-hydrogen) atoms. The van der Waals surface area contributed by atoms with Crippen molar-refractivity contribution in [2.45, 2.75) is 19.4 Å². The number of amides is 1. The number of hydrogen-bond donors (Lipinski definition) is 2. The van der Waals surface area contributed by atoms with Crippen molar-refractivity contribution in [2.24, 2.45) is 0 Å². The van der Waals surface area contributed by atoms with Gasteiger partial charge in [0.2, 0.25) is 5.91 Å². The monoisotopic (exact) mass is 393 g/mol. The van der Waals surface area contributed by atoms with E-state index >= 15 is 0 Å². The Balaban J connectivity index is 1.28. The number of nitrogens with one attached hydrogen (secondary N) is 2. The van der Waals surface area contributed by atoms with E-state index in [4.69, 9.17) is 0 Å². The highest BCUT2D eigenvalue weighted by atomic mass is 32.1. The van der Waals surface area contributed by atoms with Crippen LogP contribution in [0.25, 0.3) is 21.6 Å². The smallest absolute Gasteiger partial charge is 0.326 e. The van der Waals surface area contributed by atoms with Gasteiger partial charge in [-0.1, -0.05) is 12.1 Å². The van der Waals surface area contributed by atoms with Crippen LogP contribution in [0, 0.1) is 0 Å². The second-order valence-corrected chi connectivity index (χ2v) is 7.19. The van der Waals surface area contributed by atoms with Crippen molar-refractivity contribution in [1.29, 1.82) is 0 Å². The quantitative estimate of drug-likeness (QED) is 0.505. The van der Waals surface area contributed by atoms with Gasteiger partial charge >= 0.3 is 5.69 Å². The minimum Gasteiger partial charge on any atom is -0.354 e. The lowest BCUT2D eigenvalue weighted by Gasteiger charge is -2.06. The maximum Gasteiger partial charge on any atom is 0.326 e. The Hall–Kier alpha value is -3.26. The lowest BCUT2D eigenvalue weighted by Crippen LogP contribution is -2.30. The number of pyridine rings is 1. The van der Waals surface area contributed by atoms with Crippen LogP contribution in [0.15, 0.2) is 59.0 Å². The number of benzene rings is 1. The third-order valence-electron chi connectivity index (χ3n) is 4.41. The van der Waals surface area contributed by atoms with E-state index in [2.05, 4.69) is 20.3 Å². The predicted octanol–water partition coefficient (Wildman–Crippen LogP) is 2.60. The third kappa shape index (κ3) is 4.01. The standard InChI is InChI=1S/C20H19N5O2S/c26-18(8-7-15-13-28-19(23-15)14-4-3-9-21-12-14)22-10-11-25-17-6-2-1-5-16(17)24-20(25)27/h1-6,9,12-13H,7-8,10-11H2,(H,22,26)(H,24,27). The zero-order valence-corrected chi connectivity index (χ0v) is 15.9. The van der Waals surface area contributed by atoms with E-state index < -0.39 is 0 Å². The number of thiazole rings is 1. The van der Waals surface area contributed by atoms with Gasteiger partial charge < -0.3 is 10.3 Å². The Morgan fingerprint density at radius 1 is 1.21 bits per heavy atom. The molecule has 142 valence electrons. The van der Waals surface area contributed by atoms with Crippen LogP contribution < -0.4 is 11.0 Å². The summed E-state index contributed by atoms with van der Waals surface area (Å²) in [6.45, 7) is 0.828. The summed E-state index contributed by atoms with van der Waals surface area (Å²) in [5.74, 6) is -0.0520. The molecule has 0 aliphatic heterocycles. The van der Waals surface area contributed by atoms with Crippen LogP contribution in [-0.4, -0.2) is 32.0 Å². The van der Waals surface area contributed by atoms with Gasteiger partial charge in [0.15, 0.2) is 0 Å². The van der Waals surface area contributed by atoms with Gasteiger partial charge in [-0.2, -0.15) is 0 Å². The summed E-state index contributed by atoms with van der Waals surface area (Å²) < 4.78 is 1.64. The van der Waals surface area contributed by atoms with Crippen LogP contribution in [0.2, 0.25) is 0 Å². The SMILES string of the molecule is O=C(CCc1csc(-c2cccnc2)n1)NCCn1c(=O)[nH]c2ccccc21. The summed E-state index contributed by atoms with van der Waals surface area (Å²) in [7, 11) is 0. The second-order valence-electron chi connectivity index (χ2n) is 6.33. The molecule has 2 N–H and O–H groups in total. The molecule has 7 nitrogen and oxygen atoms in total. The predicted molar refractivity (Wildman–Crippen MR) is 109 cm³/mol. The fourth-order valence-electron chi connectivity index (χ4n) is 3.01. The van der Waals surface area contributed by atoms with Gasteiger partial charge in [0, 0.05) is 42.8 Å². The number of aryl methyl sites for hydroxylation is 1. The number of carbonyl (C=O) groups excluding carboxylic acids is 1. The van der Waals surface area contributed by atoms with Crippen molar-refractivity contribution in [3.63, 3.8) is 0 Å². The first-order valence-electron chi connectivity index (χ1n) is 9.00. The van der Waals surface area contributed by atoms with Crippen molar-refractivity contribution < 1.29 is 4.79 Å². The van der Waals surface area contributed by atoms with E-state index in [1.807, 2.05) is 41.8 Å². The number of fused-ring (bicyclic) bond motifs is 1. The van der Waals surface area contributed by atoms with E-state index in [9.17, 15) is 9.59 Å². The summed E-state index contributed by atoms with van der Waals surface area (Å²) in [5.41, 5.74) is 3.35. The third-order valence-corrected chi connectivity index (χ3v) is 5.35. The van der Waals surface area contributed by atoms with Crippen molar-refractivity contribution in [2.75, 3.05) is 6.54 Å². The molecule has 0 fully saturated rings. The number of H-pyrrole nitrogens is 1. The van der Waals surface area contributed by atoms with Gasteiger partial charge in [-0.3, -0.25) is 14.3 Å². The fourth-order valence-corrected chi connectivity index (χ4v) is 3.85. The number of carbonyl (C=O) groups is 1. The molecule has 0 unspecified atom stereocenters. The van der Waals surface area contributed by atoms with E-state index in [1.54, 1.807) is 28.3 Å². The fraction of sp³-hybridized carbons (Fsp3) is 0.200. The average Bonchev–Trinajstić information content (AvgIpc) is 3.32. The number of hydrogen-bond acceptors (Lipinski definition) is 5. The molecular formula is C20H19N5O2S. The minimum absolute atomic E-state index is 0.0520. The number of nitrogens with zero attached hydrogens (tertiary/aromatic N) is 3. The molecule has 0 atom stereocenters. The molecule has 3 aromatic heterocycles. The molecule has 1 aromatic carbocycles. The van der Waals surface area contributed by atoms with Gasteiger partial charge in [-0.05, 0) is 30.7 Å².